The molecule has 0 saturated carbocycles. The highest BCUT2D eigenvalue weighted by atomic mass is 32.2. The number of carbonyl (C=O) groups is 1. The van der Waals surface area contributed by atoms with Gasteiger partial charge in [0, 0.05) is 0 Å². The van der Waals surface area contributed by atoms with Gasteiger partial charge in [0.15, 0.2) is 11.5 Å². The summed E-state index contributed by atoms with van der Waals surface area (Å²) in [4.78, 5) is 13.0. The fourth-order valence-corrected chi connectivity index (χ4v) is 4.46. The fourth-order valence-electron chi connectivity index (χ4n) is 3.28. The largest absolute Gasteiger partial charge is 0.493 e. The maximum absolute atomic E-state index is 13.0. The molecule has 0 unspecified atom stereocenters. The molecule has 0 bridgehead atoms. The average molecular weight is 435 g/mol. The van der Waals surface area contributed by atoms with Crippen molar-refractivity contribution in [3.63, 3.8) is 0 Å². The summed E-state index contributed by atoms with van der Waals surface area (Å²) in [5.41, 5.74) is 2.30. The summed E-state index contributed by atoms with van der Waals surface area (Å²) in [6.45, 7) is 5.44. The number of nitrogens with one attached hydrogen (secondary N) is 1. The monoisotopic (exact) mass is 434 g/mol. The summed E-state index contributed by atoms with van der Waals surface area (Å²) in [5.74, 6) is 0.772. The van der Waals surface area contributed by atoms with Crippen LogP contribution in [0.15, 0.2) is 42.5 Å². The molecule has 0 radical (unpaired) electrons. The summed E-state index contributed by atoms with van der Waals surface area (Å²) in [6, 6.07) is 11.3. The van der Waals surface area contributed by atoms with Gasteiger partial charge in [-0.3, -0.25) is 9.10 Å². The van der Waals surface area contributed by atoms with Crippen LogP contribution in [0.3, 0.4) is 0 Å². The zero-order valence-electron chi connectivity index (χ0n) is 18.3. The number of methoxy groups -OCH3 is 2. The zero-order chi connectivity index (χ0) is 22.5. The second-order valence-corrected chi connectivity index (χ2v) is 9.01. The van der Waals surface area contributed by atoms with Crippen LogP contribution in [0.1, 0.15) is 37.4 Å². The third-order valence-corrected chi connectivity index (χ3v) is 6.15. The Morgan fingerprint density at radius 2 is 1.67 bits per heavy atom. The highest BCUT2D eigenvalue weighted by molar-refractivity contribution is 7.92. The Morgan fingerprint density at radius 1 is 1.07 bits per heavy atom. The van der Waals surface area contributed by atoms with Gasteiger partial charge >= 0.3 is 0 Å². The standard InChI is InChI=1S/C22H30N2O5S/c1-7-19(17-10-13-20(28-4)21(14-17)29-5)23-22(25)16(3)24(30(6,26)27)18-11-8-15(2)9-12-18/h8-14,16,19H,7H2,1-6H3,(H,23,25)/t16-,19+/m1/s1. The van der Waals surface area contributed by atoms with Gasteiger partial charge in [0.1, 0.15) is 6.04 Å². The second kappa shape index (κ2) is 9.84. The molecule has 2 rings (SSSR count). The van der Waals surface area contributed by atoms with Gasteiger partial charge in [0.25, 0.3) is 0 Å². The zero-order valence-corrected chi connectivity index (χ0v) is 19.1. The first-order chi connectivity index (χ1) is 14.1. The smallest absolute Gasteiger partial charge is 0.244 e. The van der Waals surface area contributed by atoms with Gasteiger partial charge < -0.3 is 14.8 Å². The topological polar surface area (TPSA) is 84.9 Å². The van der Waals surface area contributed by atoms with E-state index in [0.29, 0.717) is 23.6 Å². The number of anilines is 1. The molecule has 0 aliphatic carbocycles. The van der Waals surface area contributed by atoms with Crippen LogP contribution in [0.4, 0.5) is 5.69 Å². The van der Waals surface area contributed by atoms with E-state index >= 15 is 0 Å². The quantitative estimate of drug-likeness (QED) is 0.654. The minimum Gasteiger partial charge on any atom is -0.493 e. The van der Waals surface area contributed by atoms with Crippen molar-refractivity contribution in [3.05, 3.63) is 53.6 Å². The van der Waals surface area contributed by atoms with Gasteiger partial charge in [-0.25, -0.2) is 8.42 Å². The number of ether oxygens (including phenoxy) is 2. The van der Waals surface area contributed by atoms with Crippen LogP contribution in [0.5, 0.6) is 11.5 Å². The van der Waals surface area contributed by atoms with Crippen LogP contribution in [0, 0.1) is 6.92 Å². The van der Waals surface area contributed by atoms with E-state index in [1.807, 2.05) is 38.1 Å². The van der Waals surface area contributed by atoms with Crippen molar-refractivity contribution in [2.75, 3.05) is 24.8 Å². The molecule has 7 nitrogen and oxygen atoms in total. The molecular weight excluding hydrogens is 404 g/mol. The van der Waals surface area contributed by atoms with E-state index in [1.54, 1.807) is 39.3 Å². The lowest BCUT2D eigenvalue weighted by Crippen LogP contribution is -2.48. The molecule has 0 aromatic heterocycles. The van der Waals surface area contributed by atoms with E-state index < -0.39 is 16.1 Å². The van der Waals surface area contributed by atoms with Gasteiger partial charge in [-0.15, -0.1) is 0 Å². The molecule has 2 aromatic carbocycles. The van der Waals surface area contributed by atoms with Crippen LogP contribution in [-0.4, -0.2) is 40.8 Å². The lowest BCUT2D eigenvalue weighted by Gasteiger charge is -2.30. The average Bonchev–Trinajstić information content (AvgIpc) is 2.71. The molecule has 1 N–H and O–H groups in total. The number of hydrogen-bond donors (Lipinski definition) is 1. The SMILES string of the molecule is CC[C@H](NC(=O)[C@@H](C)N(c1ccc(C)cc1)S(C)(=O)=O)c1ccc(OC)c(OC)c1. The van der Waals surface area contributed by atoms with Crippen molar-refractivity contribution in [3.8, 4) is 11.5 Å². The Kier molecular flexibility index (Phi) is 7.72. The van der Waals surface area contributed by atoms with E-state index in [2.05, 4.69) is 5.32 Å². The summed E-state index contributed by atoms with van der Waals surface area (Å²) in [6.07, 6.45) is 1.72. The highest BCUT2D eigenvalue weighted by Crippen LogP contribution is 2.31. The predicted molar refractivity (Wildman–Crippen MR) is 119 cm³/mol. The third-order valence-electron chi connectivity index (χ3n) is 4.91. The molecule has 30 heavy (non-hydrogen) atoms. The van der Waals surface area contributed by atoms with E-state index in [9.17, 15) is 13.2 Å². The normalized spacial score (nSPS) is 13.3. The molecule has 8 heteroatoms. The van der Waals surface area contributed by atoms with Crippen LogP contribution in [-0.2, 0) is 14.8 Å². The van der Waals surface area contributed by atoms with Gasteiger partial charge in [-0.2, -0.15) is 0 Å². The Bertz CT molecular complexity index is 974. The summed E-state index contributed by atoms with van der Waals surface area (Å²) in [7, 11) is -0.557. The number of carbonyl (C=O) groups excluding carboxylic acids is 1. The van der Waals surface area contributed by atoms with E-state index in [4.69, 9.17) is 9.47 Å². The molecule has 0 aliphatic heterocycles. The lowest BCUT2D eigenvalue weighted by atomic mass is 10.0. The molecular formula is C22H30N2O5S. The van der Waals surface area contributed by atoms with Gasteiger partial charge in [-0.05, 0) is 50.1 Å². The Labute approximate surface area is 179 Å². The lowest BCUT2D eigenvalue weighted by molar-refractivity contribution is -0.122. The Morgan fingerprint density at radius 3 is 2.17 bits per heavy atom. The first-order valence-corrected chi connectivity index (χ1v) is 11.6. The molecule has 1 amide bonds. The van der Waals surface area contributed by atoms with Crippen molar-refractivity contribution in [2.24, 2.45) is 0 Å². The van der Waals surface area contributed by atoms with E-state index in [-0.39, 0.29) is 11.9 Å². The molecule has 0 aliphatic rings. The number of amides is 1. The van der Waals surface area contributed by atoms with Crippen molar-refractivity contribution in [2.45, 2.75) is 39.3 Å². The maximum atomic E-state index is 13.0. The Balaban J connectivity index is 2.29. The van der Waals surface area contributed by atoms with E-state index in [1.165, 1.54) is 0 Å². The number of nitrogens with zero attached hydrogens (tertiary/aromatic N) is 1. The highest BCUT2D eigenvalue weighted by Gasteiger charge is 2.30. The number of rotatable bonds is 9. The van der Waals surface area contributed by atoms with Crippen molar-refractivity contribution in [1.82, 2.24) is 5.32 Å². The molecule has 2 aromatic rings. The summed E-state index contributed by atoms with van der Waals surface area (Å²) < 4.78 is 36.7. The molecule has 0 spiro atoms. The maximum Gasteiger partial charge on any atom is 0.244 e. The van der Waals surface area contributed by atoms with Crippen LogP contribution >= 0.6 is 0 Å². The van der Waals surface area contributed by atoms with Gasteiger partial charge in [-0.1, -0.05) is 30.7 Å². The minimum atomic E-state index is -3.67. The van der Waals surface area contributed by atoms with E-state index in [0.717, 1.165) is 21.7 Å². The van der Waals surface area contributed by atoms with Gasteiger partial charge in [0.2, 0.25) is 15.9 Å². The van der Waals surface area contributed by atoms with Crippen molar-refractivity contribution in [1.29, 1.82) is 0 Å². The van der Waals surface area contributed by atoms with Crippen LogP contribution in [0.25, 0.3) is 0 Å². The fraction of sp³-hybridized carbons (Fsp3) is 0.409. The second-order valence-electron chi connectivity index (χ2n) is 7.15. The summed E-state index contributed by atoms with van der Waals surface area (Å²) in [5, 5.41) is 2.96. The first-order valence-electron chi connectivity index (χ1n) is 9.70. The van der Waals surface area contributed by atoms with Crippen molar-refractivity contribution >= 4 is 21.6 Å². The Hall–Kier alpha value is -2.74. The van der Waals surface area contributed by atoms with Crippen LogP contribution < -0.4 is 19.1 Å². The number of benzene rings is 2. The number of aryl methyl sites for hydroxylation is 1. The molecule has 0 heterocycles. The number of hydrogen-bond acceptors (Lipinski definition) is 5. The summed E-state index contributed by atoms with van der Waals surface area (Å²) >= 11 is 0. The molecule has 2 atom stereocenters. The molecule has 0 saturated heterocycles. The van der Waals surface area contributed by atoms with Gasteiger partial charge in [0.05, 0.1) is 32.2 Å². The molecule has 0 fully saturated rings. The minimum absolute atomic E-state index is 0.306. The molecule has 164 valence electrons. The first kappa shape index (κ1) is 23.5. The van der Waals surface area contributed by atoms with Crippen molar-refractivity contribution < 1.29 is 22.7 Å². The third kappa shape index (κ3) is 5.44. The number of sulfonamides is 1. The van der Waals surface area contributed by atoms with Crippen LogP contribution in [0.2, 0.25) is 0 Å². The predicted octanol–water partition coefficient (Wildman–Crippen LogP) is 3.43.